The molecule has 27 heavy (non-hydrogen) atoms. The lowest BCUT2D eigenvalue weighted by molar-refractivity contribution is 0.0698. The zero-order valence-corrected chi connectivity index (χ0v) is 15.2. The molecule has 0 unspecified atom stereocenters. The number of aromatic nitrogens is 2. The average molecular weight is 377 g/mol. The fraction of sp³-hybridized carbons (Fsp3) is 0.0455. The summed E-state index contributed by atoms with van der Waals surface area (Å²) in [5.41, 5.74) is 4.32. The Labute approximate surface area is 163 Å². The zero-order chi connectivity index (χ0) is 17.9. The van der Waals surface area contributed by atoms with Crippen LogP contribution < -0.4 is 0 Å². The van der Waals surface area contributed by atoms with Gasteiger partial charge in [-0.3, -0.25) is 4.98 Å². The van der Waals surface area contributed by atoms with Crippen molar-refractivity contribution in [1.29, 1.82) is 0 Å². The number of hydrogen-bond acceptors (Lipinski definition) is 3. The monoisotopic (exact) mass is 376 g/mol. The van der Waals surface area contributed by atoms with Crippen molar-refractivity contribution in [2.24, 2.45) is 0 Å². The number of nitrogens with zero attached hydrogens (tertiary/aromatic N) is 2. The van der Waals surface area contributed by atoms with Gasteiger partial charge in [0.1, 0.15) is 0 Å². The van der Waals surface area contributed by atoms with Crippen molar-refractivity contribution < 1.29 is 9.90 Å². The van der Waals surface area contributed by atoms with Crippen LogP contribution in [-0.2, 0) is 6.42 Å². The van der Waals surface area contributed by atoms with Crippen molar-refractivity contribution in [2.45, 2.75) is 6.42 Å². The molecule has 0 saturated carbocycles. The number of carboxylic acids is 1. The number of fused-ring (bicyclic) bond motifs is 1. The molecule has 2 aromatic carbocycles. The Kier molecular flexibility index (Phi) is 5.48. The number of halogens is 1. The summed E-state index contributed by atoms with van der Waals surface area (Å²) in [6.45, 7) is 0. The van der Waals surface area contributed by atoms with Gasteiger partial charge in [0.05, 0.1) is 16.8 Å². The van der Waals surface area contributed by atoms with Crippen LogP contribution in [0.1, 0.15) is 21.5 Å². The largest absolute Gasteiger partial charge is 0.478 e. The molecule has 0 fully saturated rings. The maximum atomic E-state index is 12.2. The van der Waals surface area contributed by atoms with Gasteiger partial charge >= 0.3 is 5.97 Å². The first kappa shape index (κ1) is 18.5. The van der Waals surface area contributed by atoms with E-state index in [1.165, 1.54) is 0 Å². The van der Waals surface area contributed by atoms with E-state index >= 15 is 0 Å². The van der Waals surface area contributed by atoms with E-state index in [4.69, 9.17) is 4.98 Å². The van der Waals surface area contributed by atoms with Gasteiger partial charge in [0.2, 0.25) is 0 Å². The number of hydrogen-bond donors (Lipinski definition) is 1. The third-order valence-corrected chi connectivity index (χ3v) is 4.38. The quantitative estimate of drug-likeness (QED) is 0.544. The molecule has 0 spiro atoms. The first-order valence-corrected chi connectivity index (χ1v) is 8.33. The second-order valence-electron chi connectivity index (χ2n) is 6.03. The van der Waals surface area contributed by atoms with Gasteiger partial charge in [-0.1, -0.05) is 48.5 Å². The normalized spacial score (nSPS) is 10.4. The first-order chi connectivity index (χ1) is 12.7. The zero-order valence-electron chi connectivity index (χ0n) is 14.4. The van der Waals surface area contributed by atoms with E-state index in [1.54, 1.807) is 12.4 Å². The molecule has 0 aliphatic heterocycles. The fourth-order valence-corrected chi connectivity index (χ4v) is 3.21. The molecule has 0 aliphatic carbocycles. The number of aromatic carboxylic acids is 1. The van der Waals surface area contributed by atoms with E-state index in [-0.39, 0.29) is 12.4 Å². The van der Waals surface area contributed by atoms with E-state index in [0.717, 1.165) is 11.1 Å². The van der Waals surface area contributed by atoms with Gasteiger partial charge in [0.25, 0.3) is 0 Å². The summed E-state index contributed by atoms with van der Waals surface area (Å²) < 4.78 is 0. The van der Waals surface area contributed by atoms with Gasteiger partial charge in [-0.2, -0.15) is 0 Å². The van der Waals surface area contributed by atoms with Crippen molar-refractivity contribution >= 4 is 29.3 Å². The van der Waals surface area contributed by atoms with E-state index in [9.17, 15) is 9.90 Å². The summed E-state index contributed by atoms with van der Waals surface area (Å²) in [6.07, 6.45) is 3.91. The molecular formula is C22H17ClN2O2. The standard InChI is InChI=1S/C22H16N2O2.ClH/c25-22(26)20-17-8-4-5-9-19(17)24-21(16-6-2-1-3-7-16)18(20)14-15-10-12-23-13-11-15;/h1-13H,14H2,(H,25,26);1H. The van der Waals surface area contributed by atoms with Gasteiger partial charge in [0.15, 0.2) is 0 Å². The molecule has 0 bridgehead atoms. The Balaban J connectivity index is 0.00000210. The summed E-state index contributed by atoms with van der Waals surface area (Å²) in [6, 6.07) is 20.9. The van der Waals surface area contributed by atoms with Gasteiger partial charge in [0, 0.05) is 29.8 Å². The summed E-state index contributed by atoms with van der Waals surface area (Å²) in [5.74, 6) is -0.940. The number of pyridine rings is 2. The van der Waals surface area contributed by atoms with E-state index in [2.05, 4.69) is 4.98 Å². The van der Waals surface area contributed by atoms with Crippen LogP contribution in [0.2, 0.25) is 0 Å². The highest BCUT2D eigenvalue weighted by Crippen LogP contribution is 2.31. The minimum atomic E-state index is -0.940. The van der Waals surface area contributed by atoms with Crippen molar-refractivity contribution in [3.8, 4) is 11.3 Å². The van der Waals surface area contributed by atoms with Crippen molar-refractivity contribution in [1.82, 2.24) is 9.97 Å². The molecule has 1 N–H and O–H groups in total. The maximum Gasteiger partial charge on any atom is 0.336 e. The number of para-hydroxylation sites is 1. The second kappa shape index (κ2) is 7.98. The lowest BCUT2D eigenvalue weighted by Crippen LogP contribution is -2.08. The number of rotatable bonds is 4. The molecule has 0 amide bonds. The van der Waals surface area contributed by atoms with Crippen LogP contribution in [0.5, 0.6) is 0 Å². The van der Waals surface area contributed by atoms with Crippen LogP contribution in [0.15, 0.2) is 79.1 Å². The lowest BCUT2D eigenvalue weighted by Gasteiger charge is -2.15. The van der Waals surface area contributed by atoms with Crippen molar-refractivity contribution in [3.63, 3.8) is 0 Å². The molecule has 0 atom stereocenters. The molecular weight excluding hydrogens is 360 g/mol. The second-order valence-corrected chi connectivity index (χ2v) is 6.03. The van der Waals surface area contributed by atoms with Crippen LogP contribution in [-0.4, -0.2) is 21.0 Å². The van der Waals surface area contributed by atoms with Crippen LogP contribution in [0, 0.1) is 0 Å². The number of carboxylic acid groups (broad SMARTS) is 1. The van der Waals surface area contributed by atoms with Crippen molar-refractivity contribution in [3.05, 3.63) is 95.8 Å². The van der Waals surface area contributed by atoms with Gasteiger partial charge in [-0.05, 0) is 29.3 Å². The highest BCUT2D eigenvalue weighted by Gasteiger charge is 2.21. The van der Waals surface area contributed by atoms with Gasteiger partial charge in [-0.15, -0.1) is 12.4 Å². The molecule has 2 heterocycles. The molecule has 4 nitrogen and oxygen atoms in total. The van der Waals surface area contributed by atoms with E-state index in [0.29, 0.717) is 34.1 Å². The summed E-state index contributed by atoms with van der Waals surface area (Å²) in [4.78, 5) is 21.0. The lowest BCUT2D eigenvalue weighted by atomic mass is 9.92. The smallest absolute Gasteiger partial charge is 0.336 e. The number of carbonyl (C=O) groups is 1. The Bertz CT molecular complexity index is 1080. The molecule has 134 valence electrons. The highest BCUT2D eigenvalue weighted by molar-refractivity contribution is 6.05. The summed E-state index contributed by atoms with van der Waals surface area (Å²) in [5, 5.41) is 10.6. The molecule has 4 rings (SSSR count). The third kappa shape index (κ3) is 3.66. The molecule has 2 aromatic heterocycles. The van der Waals surface area contributed by atoms with Crippen LogP contribution in [0.4, 0.5) is 0 Å². The maximum absolute atomic E-state index is 12.2. The molecule has 0 aliphatic rings. The summed E-state index contributed by atoms with van der Waals surface area (Å²) in [7, 11) is 0. The first-order valence-electron chi connectivity index (χ1n) is 8.33. The Morgan fingerprint density at radius 1 is 0.889 bits per heavy atom. The topological polar surface area (TPSA) is 63.1 Å². The molecule has 0 radical (unpaired) electrons. The van der Waals surface area contributed by atoms with Crippen LogP contribution >= 0.6 is 12.4 Å². The van der Waals surface area contributed by atoms with E-state index < -0.39 is 5.97 Å². The molecule has 4 aromatic rings. The Morgan fingerprint density at radius 2 is 1.56 bits per heavy atom. The highest BCUT2D eigenvalue weighted by atomic mass is 35.5. The fourth-order valence-electron chi connectivity index (χ4n) is 3.21. The van der Waals surface area contributed by atoms with Crippen molar-refractivity contribution in [2.75, 3.05) is 0 Å². The van der Waals surface area contributed by atoms with Gasteiger partial charge < -0.3 is 5.11 Å². The third-order valence-electron chi connectivity index (χ3n) is 4.38. The van der Waals surface area contributed by atoms with Gasteiger partial charge in [-0.25, -0.2) is 9.78 Å². The van der Waals surface area contributed by atoms with E-state index in [1.807, 2.05) is 66.7 Å². The predicted molar refractivity (Wildman–Crippen MR) is 108 cm³/mol. The Morgan fingerprint density at radius 3 is 2.26 bits per heavy atom. The number of benzene rings is 2. The minimum absolute atomic E-state index is 0. The minimum Gasteiger partial charge on any atom is -0.478 e. The van der Waals surface area contributed by atoms with Crippen LogP contribution in [0.25, 0.3) is 22.2 Å². The molecule has 0 saturated heterocycles. The SMILES string of the molecule is Cl.O=C(O)c1c(Cc2ccncc2)c(-c2ccccc2)nc2ccccc12. The Hall–Kier alpha value is -3.24. The van der Waals surface area contributed by atoms with Crippen LogP contribution in [0.3, 0.4) is 0 Å². The average Bonchev–Trinajstić information content (AvgIpc) is 2.68. The summed E-state index contributed by atoms with van der Waals surface area (Å²) >= 11 is 0. The molecule has 5 heteroatoms. The predicted octanol–water partition coefficient (Wildman–Crippen LogP) is 5.01.